The molecular weight excluding hydrogens is 352 g/mol. The molecular formula is C19H18N2O4S. The number of esters is 1. The van der Waals surface area contributed by atoms with Gasteiger partial charge in [0.05, 0.1) is 25.0 Å². The van der Waals surface area contributed by atoms with Crippen LogP contribution in [-0.4, -0.2) is 29.7 Å². The van der Waals surface area contributed by atoms with Crippen LogP contribution in [0.2, 0.25) is 0 Å². The second-order valence-corrected chi connectivity index (χ2v) is 7.07. The molecule has 1 aromatic carbocycles. The van der Waals surface area contributed by atoms with Crippen LogP contribution in [-0.2, 0) is 9.53 Å². The summed E-state index contributed by atoms with van der Waals surface area (Å²) < 4.78 is 10.2. The number of fused-ring (bicyclic) bond motifs is 1. The Morgan fingerprint density at radius 3 is 2.81 bits per heavy atom. The quantitative estimate of drug-likeness (QED) is 0.697. The fourth-order valence-corrected chi connectivity index (χ4v) is 4.09. The number of thiophene rings is 1. The molecule has 1 fully saturated rings. The van der Waals surface area contributed by atoms with Gasteiger partial charge in [-0.3, -0.25) is 9.59 Å². The lowest BCUT2D eigenvalue weighted by atomic mass is 10.1. The summed E-state index contributed by atoms with van der Waals surface area (Å²) >= 11 is 1.43. The van der Waals surface area contributed by atoms with Crippen LogP contribution in [0.15, 0.2) is 34.4 Å². The normalized spacial score (nSPS) is 18.7. The smallest absolute Gasteiger partial charge is 0.309 e. The largest absolute Gasteiger partial charge is 0.497 e. The maximum atomic E-state index is 12.7. The van der Waals surface area contributed by atoms with Crippen LogP contribution in [0.5, 0.6) is 5.75 Å². The number of hydrogen-bond acceptors (Lipinski definition) is 6. The molecule has 1 saturated carbocycles. The summed E-state index contributed by atoms with van der Waals surface area (Å²) in [5.74, 6) is 0.865. The summed E-state index contributed by atoms with van der Waals surface area (Å²) in [7, 11) is 1.62. The van der Waals surface area contributed by atoms with Crippen molar-refractivity contribution in [2.75, 3.05) is 13.7 Å². The van der Waals surface area contributed by atoms with E-state index in [2.05, 4.69) is 9.97 Å². The Bertz CT molecular complexity index is 1020. The van der Waals surface area contributed by atoms with Crippen LogP contribution in [0.25, 0.3) is 21.3 Å². The molecule has 0 bridgehead atoms. The third-order valence-electron chi connectivity index (χ3n) is 4.59. The van der Waals surface area contributed by atoms with E-state index >= 15 is 0 Å². The van der Waals surface area contributed by atoms with Crippen LogP contribution in [0, 0.1) is 5.92 Å². The van der Waals surface area contributed by atoms with Crippen molar-refractivity contribution in [1.82, 2.24) is 9.97 Å². The number of aromatic nitrogens is 2. The number of benzene rings is 1. The maximum Gasteiger partial charge on any atom is 0.309 e. The first kappa shape index (κ1) is 16.8. The Labute approximate surface area is 153 Å². The van der Waals surface area contributed by atoms with E-state index in [0.29, 0.717) is 29.1 Å². The molecule has 3 aromatic rings. The lowest BCUT2D eigenvalue weighted by molar-refractivity contribution is -0.144. The number of carbonyl (C=O) groups is 1. The van der Waals surface area contributed by atoms with Gasteiger partial charge in [0.2, 0.25) is 0 Å². The Hall–Kier alpha value is -2.67. The van der Waals surface area contributed by atoms with Gasteiger partial charge < -0.3 is 14.5 Å². The number of carbonyl (C=O) groups excluding carboxylic acids is 1. The van der Waals surface area contributed by atoms with Crippen molar-refractivity contribution in [2.45, 2.75) is 19.3 Å². The number of nitrogens with one attached hydrogen (secondary N) is 1. The minimum absolute atomic E-state index is 0.0577. The van der Waals surface area contributed by atoms with Gasteiger partial charge in [-0.15, -0.1) is 11.3 Å². The number of aromatic amines is 1. The Balaban J connectivity index is 1.68. The maximum absolute atomic E-state index is 12.7. The van der Waals surface area contributed by atoms with E-state index in [9.17, 15) is 9.59 Å². The molecule has 0 amide bonds. The van der Waals surface area contributed by atoms with Crippen LogP contribution in [0.3, 0.4) is 0 Å². The van der Waals surface area contributed by atoms with E-state index in [4.69, 9.17) is 9.47 Å². The molecule has 2 unspecified atom stereocenters. The first-order valence-corrected chi connectivity index (χ1v) is 9.32. The predicted octanol–water partition coefficient (Wildman–Crippen LogP) is 3.33. The molecule has 0 radical (unpaired) electrons. The average Bonchev–Trinajstić information content (AvgIpc) is 3.34. The molecule has 134 valence electrons. The summed E-state index contributed by atoms with van der Waals surface area (Å²) in [6.45, 7) is 2.15. The van der Waals surface area contributed by atoms with E-state index in [1.54, 1.807) is 14.0 Å². The fourth-order valence-electron chi connectivity index (χ4n) is 3.13. The molecule has 7 heteroatoms. The summed E-state index contributed by atoms with van der Waals surface area (Å²) in [6.07, 6.45) is 0.671. The average molecular weight is 370 g/mol. The first-order chi connectivity index (χ1) is 12.6. The summed E-state index contributed by atoms with van der Waals surface area (Å²) in [5, 5.41) is 2.52. The van der Waals surface area contributed by atoms with Crippen LogP contribution >= 0.6 is 11.3 Å². The van der Waals surface area contributed by atoms with Crippen molar-refractivity contribution >= 4 is 27.5 Å². The molecule has 1 N–H and O–H groups in total. The van der Waals surface area contributed by atoms with E-state index in [0.717, 1.165) is 16.9 Å². The SMILES string of the molecule is CCOC(=O)C1CC1c1nc2scc(-c3ccc(OC)cc3)c2c(=O)[nH]1. The molecule has 6 nitrogen and oxygen atoms in total. The second kappa shape index (κ2) is 6.57. The summed E-state index contributed by atoms with van der Waals surface area (Å²) in [6, 6.07) is 7.57. The minimum Gasteiger partial charge on any atom is -0.497 e. The van der Waals surface area contributed by atoms with Gasteiger partial charge in [0.1, 0.15) is 16.4 Å². The van der Waals surface area contributed by atoms with Crippen molar-refractivity contribution in [3.63, 3.8) is 0 Å². The standard InChI is InChI=1S/C19H18N2O4S/c1-3-25-19(23)13-8-12(13)16-20-17(22)15-14(9-26-18(15)21-16)10-4-6-11(24-2)7-5-10/h4-7,9,12-13H,3,8H2,1-2H3,(H,20,21,22). The summed E-state index contributed by atoms with van der Waals surface area (Å²) in [4.78, 5) is 32.7. The van der Waals surface area contributed by atoms with E-state index in [1.165, 1.54) is 11.3 Å². The van der Waals surface area contributed by atoms with Gasteiger partial charge in [-0.05, 0) is 31.0 Å². The lowest BCUT2D eigenvalue weighted by Gasteiger charge is -2.04. The fraction of sp³-hybridized carbons (Fsp3) is 0.316. The zero-order valence-electron chi connectivity index (χ0n) is 14.4. The number of H-pyrrole nitrogens is 1. The third-order valence-corrected chi connectivity index (χ3v) is 5.47. The Kier molecular flexibility index (Phi) is 4.24. The van der Waals surface area contributed by atoms with Gasteiger partial charge in [0, 0.05) is 16.9 Å². The Morgan fingerprint density at radius 2 is 2.12 bits per heavy atom. The van der Waals surface area contributed by atoms with E-state index in [-0.39, 0.29) is 23.4 Å². The van der Waals surface area contributed by atoms with Gasteiger partial charge in [0.15, 0.2) is 0 Å². The highest BCUT2D eigenvalue weighted by molar-refractivity contribution is 7.17. The van der Waals surface area contributed by atoms with Crippen molar-refractivity contribution < 1.29 is 14.3 Å². The number of methoxy groups -OCH3 is 1. The topological polar surface area (TPSA) is 81.3 Å². The molecule has 2 heterocycles. The molecule has 4 rings (SSSR count). The van der Waals surface area contributed by atoms with Crippen LogP contribution < -0.4 is 10.3 Å². The first-order valence-electron chi connectivity index (χ1n) is 8.44. The molecule has 1 aliphatic carbocycles. The van der Waals surface area contributed by atoms with Crippen LogP contribution in [0.1, 0.15) is 25.1 Å². The van der Waals surface area contributed by atoms with Gasteiger partial charge in [-0.2, -0.15) is 0 Å². The molecule has 0 aliphatic heterocycles. The number of hydrogen-bond donors (Lipinski definition) is 1. The molecule has 1 aliphatic rings. The van der Waals surface area contributed by atoms with Crippen molar-refractivity contribution in [3.05, 3.63) is 45.8 Å². The second-order valence-electron chi connectivity index (χ2n) is 6.21. The highest BCUT2D eigenvalue weighted by Gasteiger charge is 2.47. The predicted molar refractivity (Wildman–Crippen MR) is 99.7 cm³/mol. The number of ether oxygens (including phenoxy) is 2. The number of rotatable bonds is 5. The summed E-state index contributed by atoms with van der Waals surface area (Å²) in [5.41, 5.74) is 1.62. The molecule has 0 saturated heterocycles. The van der Waals surface area contributed by atoms with Gasteiger partial charge >= 0.3 is 5.97 Å². The van der Waals surface area contributed by atoms with Crippen molar-refractivity contribution in [2.24, 2.45) is 5.92 Å². The zero-order chi connectivity index (χ0) is 18.3. The van der Waals surface area contributed by atoms with Crippen LogP contribution in [0.4, 0.5) is 0 Å². The highest BCUT2D eigenvalue weighted by atomic mass is 32.1. The van der Waals surface area contributed by atoms with Crippen molar-refractivity contribution in [3.8, 4) is 16.9 Å². The highest BCUT2D eigenvalue weighted by Crippen LogP contribution is 2.47. The monoisotopic (exact) mass is 370 g/mol. The van der Waals surface area contributed by atoms with Gasteiger partial charge in [-0.1, -0.05) is 12.1 Å². The Morgan fingerprint density at radius 1 is 1.35 bits per heavy atom. The van der Waals surface area contributed by atoms with Gasteiger partial charge in [-0.25, -0.2) is 4.98 Å². The lowest BCUT2D eigenvalue weighted by Crippen LogP contribution is -2.13. The molecule has 26 heavy (non-hydrogen) atoms. The zero-order valence-corrected chi connectivity index (χ0v) is 15.3. The molecule has 0 spiro atoms. The van der Waals surface area contributed by atoms with E-state index < -0.39 is 0 Å². The van der Waals surface area contributed by atoms with Crippen molar-refractivity contribution in [1.29, 1.82) is 0 Å². The number of nitrogens with zero attached hydrogens (tertiary/aromatic N) is 1. The molecule has 2 atom stereocenters. The third kappa shape index (κ3) is 2.88. The molecule has 2 aromatic heterocycles. The van der Waals surface area contributed by atoms with Gasteiger partial charge in [0.25, 0.3) is 5.56 Å². The van der Waals surface area contributed by atoms with E-state index in [1.807, 2.05) is 29.6 Å². The minimum atomic E-state index is -0.217.